The Bertz CT molecular complexity index is 867. The first-order valence-corrected chi connectivity index (χ1v) is 10.4. The molecule has 2 aliphatic rings. The van der Waals surface area contributed by atoms with E-state index in [-0.39, 0.29) is 10.5 Å². The maximum absolute atomic E-state index is 12.4. The van der Waals surface area contributed by atoms with E-state index < -0.39 is 9.84 Å². The van der Waals surface area contributed by atoms with Gasteiger partial charge in [-0.15, -0.1) is 0 Å². The molecule has 4 rings (SSSR count). The Hall–Kier alpha value is -2.07. The van der Waals surface area contributed by atoms with Gasteiger partial charge in [0.25, 0.3) is 0 Å². The summed E-state index contributed by atoms with van der Waals surface area (Å²) in [7, 11) is -2.95. The molecule has 2 heterocycles. The fraction of sp³-hybridized carbons (Fsp3) is 0.333. The summed E-state index contributed by atoms with van der Waals surface area (Å²) in [5, 5.41) is -0.482. The first-order chi connectivity index (χ1) is 12.1. The van der Waals surface area contributed by atoms with Gasteiger partial charge in [-0.3, -0.25) is 0 Å². The van der Waals surface area contributed by atoms with Gasteiger partial charge in [0.2, 0.25) is 0 Å². The van der Waals surface area contributed by atoms with Crippen molar-refractivity contribution in [3.8, 4) is 5.75 Å². The predicted octanol–water partition coefficient (Wildman–Crippen LogP) is 4.39. The Morgan fingerprint density at radius 3 is 2.44 bits per heavy atom. The monoisotopic (exact) mass is 354 g/mol. The number of rotatable bonds is 4. The molecule has 1 fully saturated rings. The highest BCUT2D eigenvalue weighted by atomic mass is 32.2. The van der Waals surface area contributed by atoms with Crippen LogP contribution in [0.4, 0.5) is 0 Å². The molecule has 2 unspecified atom stereocenters. The van der Waals surface area contributed by atoms with Gasteiger partial charge in [-0.1, -0.05) is 55.0 Å². The highest BCUT2D eigenvalue weighted by Gasteiger charge is 2.40. The van der Waals surface area contributed by atoms with Crippen molar-refractivity contribution < 1.29 is 13.2 Å². The Labute approximate surface area is 149 Å². The summed E-state index contributed by atoms with van der Waals surface area (Å²) < 4.78 is 30.6. The fourth-order valence-electron chi connectivity index (χ4n) is 3.78. The summed E-state index contributed by atoms with van der Waals surface area (Å²) in [4.78, 5) is 0. The highest BCUT2D eigenvalue weighted by molar-refractivity contribution is 7.93. The van der Waals surface area contributed by atoms with Crippen molar-refractivity contribution in [1.29, 1.82) is 0 Å². The minimum atomic E-state index is -2.95. The lowest BCUT2D eigenvalue weighted by Crippen LogP contribution is -2.38. The predicted molar refractivity (Wildman–Crippen MR) is 100 cm³/mol. The van der Waals surface area contributed by atoms with Crippen molar-refractivity contribution in [2.75, 3.05) is 0 Å². The van der Waals surface area contributed by atoms with Gasteiger partial charge in [0.1, 0.15) is 12.4 Å². The van der Waals surface area contributed by atoms with Gasteiger partial charge in [0.15, 0.2) is 9.84 Å². The molecule has 4 heteroatoms. The molecule has 0 amide bonds. The van der Waals surface area contributed by atoms with Gasteiger partial charge in [-0.2, -0.15) is 0 Å². The summed E-state index contributed by atoms with van der Waals surface area (Å²) >= 11 is 0. The maximum atomic E-state index is 12.4. The highest BCUT2D eigenvalue weighted by Crippen LogP contribution is 2.39. The molecule has 0 radical (unpaired) electrons. The van der Waals surface area contributed by atoms with Crippen LogP contribution in [0.15, 0.2) is 60.7 Å². The van der Waals surface area contributed by atoms with Crippen molar-refractivity contribution >= 4 is 15.4 Å². The van der Waals surface area contributed by atoms with Crippen LogP contribution in [0.25, 0.3) is 5.57 Å². The van der Waals surface area contributed by atoms with E-state index >= 15 is 0 Å². The summed E-state index contributed by atoms with van der Waals surface area (Å²) in [5.74, 6) is 0.830. The number of hydrogen-bond acceptors (Lipinski definition) is 3. The van der Waals surface area contributed by atoms with Crippen LogP contribution in [0.1, 0.15) is 36.8 Å². The summed E-state index contributed by atoms with van der Waals surface area (Å²) in [6.45, 7) is 0.547. The second kappa shape index (κ2) is 6.68. The number of hydrogen-bond donors (Lipinski definition) is 0. The lowest BCUT2D eigenvalue weighted by molar-refractivity contribution is 0.306. The number of benzene rings is 2. The van der Waals surface area contributed by atoms with Gasteiger partial charge < -0.3 is 4.74 Å². The lowest BCUT2D eigenvalue weighted by Gasteiger charge is -2.33. The Balaban J connectivity index is 1.48. The Morgan fingerprint density at radius 1 is 0.960 bits per heavy atom. The van der Waals surface area contributed by atoms with E-state index in [2.05, 4.69) is 0 Å². The van der Waals surface area contributed by atoms with Crippen LogP contribution in [-0.2, 0) is 16.4 Å². The summed E-state index contributed by atoms with van der Waals surface area (Å²) in [6, 6.07) is 18.1. The standard InChI is InChI=1S/C21H22O3S/c22-25(23)20-7-4-8-21(25)14-18(13-20)17-9-11-19(12-10-17)24-15-16-5-2-1-3-6-16/h1-3,5-6,9-13,20-21H,4,7-8,14-15H2. The first kappa shape index (κ1) is 16.4. The topological polar surface area (TPSA) is 43.4 Å². The van der Waals surface area contributed by atoms with E-state index in [1.807, 2.05) is 60.7 Å². The molecule has 0 aromatic heterocycles. The number of fused-ring (bicyclic) bond motifs is 2. The number of allylic oxidation sites excluding steroid dienone is 1. The molecule has 1 saturated heterocycles. The van der Waals surface area contributed by atoms with Crippen LogP contribution in [0.5, 0.6) is 5.75 Å². The lowest BCUT2D eigenvalue weighted by atomic mass is 9.93. The molecule has 0 spiro atoms. The molecule has 2 atom stereocenters. The number of sulfone groups is 1. The Morgan fingerprint density at radius 2 is 1.72 bits per heavy atom. The Kier molecular flexibility index (Phi) is 4.38. The van der Waals surface area contributed by atoms with Gasteiger partial charge in [-0.25, -0.2) is 8.42 Å². The molecule has 2 aliphatic heterocycles. The molecule has 0 saturated carbocycles. The third-order valence-electron chi connectivity index (χ3n) is 5.21. The molecule has 2 bridgehead atoms. The third kappa shape index (κ3) is 3.36. The second-order valence-electron chi connectivity index (χ2n) is 6.88. The average molecular weight is 354 g/mol. The zero-order valence-corrected chi connectivity index (χ0v) is 14.9. The minimum absolute atomic E-state index is 0.194. The molecule has 0 aliphatic carbocycles. The van der Waals surface area contributed by atoms with Gasteiger partial charge in [0.05, 0.1) is 10.5 Å². The fourth-order valence-corrected chi connectivity index (χ4v) is 6.03. The van der Waals surface area contributed by atoms with Gasteiger partial charge in [0, 0.05) is 0 Å². The third-order valence-corrected chi connectivity index (χ3v) is 7.76. The van der Waals surface area contributed by atoms with E-state index in [1.54, 1.807) is 0 Å². The summed E-state index contributed by atoms with van der Waals surface area (Å²) in [6.07, 6.45) is 5.20. The van der Waals surface area contributed by atoms with Crippen molar-refractivity contribution in [2.45, 2.75) is 42.8 Å². The van der Waals surface area contributed by atoms with E-state index in [1.165, 1.54) is 5.57 Å². The van der Waals surface area contributed by atoms with Crippen LogP contribution in [-0.4, -0.2) is 18.9 Å². The molecule has 3 nitrogen and oxygen atoms in total. The van der Waals surface area contributed by atoms with Crippen molar-refractivity contribution in [3.63, 3.8) is 0 Å². The second-order valence-corrected chi connectivity index (χ2v) is 9.33. The molecule has 2 aromatic rings. The van der Waals surface area contributed by atoms with Crippen LogP contribution < -0.4 is 4.74 Å². The van der Waals surface area contributed by atoms with E-state index in [0.29, 0.717) is 13.0 Å². The average Bonchev–Trinajstić information content (AvgIpc) is 2.60. The zero-order valence-electron chi connectivity index (χ0n) is 14.1. The first-order valence-electron chi connectivity index (χ1n) is 8.83. The maximum Gasteiger partial charge on any atom is 0.159 e. The van der Waals surface area contributed by atoms with Crippen LogP contribution in [0.2, 0.25) is 0 Å². The molecule has 0 N–H and O–H groups in total. The van der Waals surface area contributed by atoms with Crippen molar-refractivity contribution in [3.05, 3.63) is 71.8 Å². The normalized spacial score (nSPS) is 24.4. The van der Waals surface area contributed by atoms with Crippen LogP contribution in [0.3, 0.4) is 0 Å². The largest absolute Gasteiger partial charge is 0.489 e. The smallest absolute Gasteiger partial charge is 0.159 e. The van der Waals surface area contributed by atoms with Gasteiger partial charge in [-0.05, 0) is 48.1 Å². The molecular weight excluding hydrogens is 332 g/mol. The molecule has 130 valence electrons. The van der Waals surface area contributed by atoms with E-state index in [4.69, 9.17) is 4.74 Å². The quantitative estimate of drug-likeness (QED) is 0.818. The SMILES string of the molecule is O=S1(=O)C2C=C(c3ccc(OCc4ccccc4)cc3)CC1CCC2. The molecular formula is C21H22O3S. The van der Waals surface area contributed by atoms with Crippen LogP contribution >= 0.6 is 0 Å². The zero-order chi connectivity index (χ0) is 17.3. The van der Waals surface area contributed by atoms with Crippen molar-refractivity contribution in [2.24, 2.45) is 0 Å². The number of ether oxygens (including phenoxy) is 1. The van der Waals surface area contributed by atoms with Crippen molar-refractivity contribution in [1.82, 2.24) is 0 Å². The van der Waals surface area contributed by atoms with E-state index in [9.17, 15) is 8.42 Å². The van der Waals surface area contributed by atoms with Gasteiger partial charge >= 0.3 is 0 Å². The summed E-state index contributed by atoms with van der Waals surface area (Å²) in [5.41, 5.74) is 3.41. The molecule has 2 aromatic carbocycles. The molecule has 25 heavy (non-hydrogen) atoms. The minimum Gasteiger partial charge on any atom is -0.489 e. The van der Waals surface area contributed by atoms with Crippen LogP contribution in [0, 0.1) is 0 Å². The van der Waals surface area contributed by atoms with E-state index in [0.717, 1.165) is 36.1 Å².